The van der Waals surface area contributed by atoms with E-state index in [9.17, 15) is 19.5 Å². The minimum absolute atomic E-state index is 0.138. The smallest absolute Gasteiger partial charge is 0.438 e. The molecule has 3 heterocycles. The summed E-state index contributed by atoms with van der Waals surface area (Å²) in [5, 5.41) is 15.7. The fourth-order valence-electron chi connectivity index (χ4n) is 7.95. The molecule has 13 heteroatoms. The zero-order valence-electron chi connectivity index (χ0n) is 25.9. The third kappa shape index (κ3) is 5.10. The van der Waals surface area contributed by atoms with E-state index >= 15 is 0 Å². The minimum Gasteiger partial charge on any atom is -0.456 e. The predicted octanol–water partition coefficient (Wildman–Crippen LogP) is 2.51. The van der Waals surface area contributed by atoms with Crippen molar-refractivity contribution < 1.29 is 43.2 Å². The second kappa shape index (κ2) is 11.8. The molecule has 3 aliphatic carbocycles. The van der Waals surface area contributed by atoms with Crippen LogP contribution in [0.4, 0.5) is 10.7 Å². The van der Waals surface area contributed by atoms with Gasteiger partial charge in [0, 0.05) is 42.3 Å². The van der Waals surface area contributed by atoms with E-state index < -0.39 is 72.1 Å². The lowest BCUT2D eigenvalue weighted by atomic mass is 9.57. The van der Waals surface area contributed by atoms with Crippen LogP contribution in [0.2, 0.25) is 0 Å². The lowest BCUT2D eigenvalue weighted by Gasteiger charge is -2.49. The number of hydrogen-bond donors (Lipinski definition) is 2. The maximum Gasteiger partial charge on any atom is 0.438 e. The number of aromatic nitrogens is 3. The molecule has 45 heavy (non-hydrogen) atoms. The Labute approximate surface area is 261 Å². The molecule has 1 saturated heterocycles. The fourth-order valence-corrected chi connectivity index (χ4v) is 7.95. The minimum atomic E-state index is -1.02. The average Bonchev–Trinajstić information content (AvgIpc) is 3.74. The number of cyclic esters (lactones) is 1. The molecule has 12 atom stereocenters. The van der Waals surface area contributed by atoms with Crippen LogP contribution in [0.25, 0.3) is 0 Å². The van der Waals surface area contributed by atoms with Gasteiger partial charge >= 0.3 is 18.0 Å². The first kappa shape index (κ1) is 31.2. The van der Waals surface area contributed by atoms with Gasteiger partial charge in [-0.25, -0.2) is 14.4 Å². The van der Waals surface area contributed by atoms with Crippen LogP contribution in [-0.2, 0) is 33.3 Å². The Kier molecular flexibility index (Phi) is 8.21. The van der Waals surface area contributed by atoms with Crippen molar-refractivity contribution in [2.75, 3.05) is 12.8 Å². The quantitative estimate of drug-likeness (QED) is 0.279. The Morgan fingerprint density at radius 2 is 2.04 bits per heavy atom. The Morgan fingerprint density at radius 3 is 2.71 bits per heavy atom. The number of nitrogens with zero attached hydrogens (tertiary/aromatic N) is 3. The van der Waals surface area contributed by atoms with Crippen molar-refractivity contribution in [1.29, 1.82) is 0 Å². The number of aliphatic hydroxyl groups excluding tert-OH is 1. The van der Waals surface area contributed by atoms with Gasteiger partial charge in [-0.3, -0.25) is 0 Å². The number of rotatable bonds is 5. The Hall–Kier alpha value is -3.81. The SMILES string of the molecule is CO[C@H]1C[C@H]2C=CC3C4C(O)[C@@H](C)[C@@H](OC(=O)C5=CC=CC5)[C@@H]3O[C@]42/C(C)=C/[C@@H](C)[C@@H]([C@@H](C)OC(=O)n2ncnc2N)OC1=O. The highest BCUT2D eigenvalue weighted by Gasteiger charge is 2.69. The van der Waals surface area contributed by atoms with Crippen molar-refractivity contribution in [2.45, 2.75) is 82.8 Å². The summed E-state index contributed by atoms with van der Waals surface area (Å²) < 4.78 is 31.1. The summed E-state index contributed by atoms with van der Waals surface area (Å²) in [5.41, 5.74) is 6.09. The molecule has 3 N–H and O–H groups in total. The molecule has 1 spiro atoms. The molecule has 5 aliphatic rings. The number of anilines is 1. The number of nitrogens with two attached hydrogens (primary N) is 1. The van der Waals surface area contributed by atoms with E-state index in [1.165, 1.54) is 7.11 Å². The van der Waals surface area contributed by atoms with Crippen molar-refractivity contribution in [2.24, 2.45) is 29.6 Å². The van der Waals surface area contributed by atoms with E-state index in [4.69, 9.17) is 29.4 Å². The van der Waals surface area contributed by atoms with E-state index in [1.54, 1.807) is 13.0 Å². The first-order valence-corrected chi connectivity index (χ1v) is 15.4. The van der Waals surface area contributed by atoms with Crippen LogP contribution in [-0.4, -0.2) is 87.2 Å². The van der Waals surface area contributed by atoms with Crippen LogP contribution >= 0.6 is 0 Å². The van der Waals surface area contributed by atoms with E-state index in [1.807, 2.05) is 51.2 Å². The molecular formula is C32H40N4O9. The van der Waals surface area contributed by atoms with Crippen LogP contribution in [0.5, 0.6) is 0 Å². The Bertz CT molecular complexity index is 1480. The molecule has 3 unspecified atom stereocenters. The Balaban J connectivity index is 1.35. The van der Waals surface area contributed by atoms with E-state index in [-0.39, 0.29) is 30.1 Å². The highest BCUT2D eigenvalue weighted by atomic mass is 16.6. The highest BCUT2D eigenvalue weighted by Crippen LogP contribution is 2.61. The van der Waals surface area contributed by atoms with Gasteiger partial charge in [0.05, 0.1) is 6.10 Å². The van der Waals surface area contributed by atoms with E-state index in [0.29, 0.717) is 12.0 Å². The van der Waals surface area contributed by atoms with Gasteiger partial charge in [-0.05, 0) is 32.3 Å². The predicted molar refractivity (Wildman–Crippen MR) is 158 cm³/mol. The van der Waals surface area contributed by atoms with Gasteiger partial charge in [-0.15, -0.1) is 9.78 Å². The molecule has 13 nitrogen and oxygen atoms in total. The maximum atomic E-state index is 13.6. The van der Waals surface area contributed by atoms with Gasteiger partial charge in [-0.2, -0.15) is 4.98 Å². The average molecular weight is 625 g/mol. The zero-order chi connectivity index (χ0) is 32.2. The number of nitrogen functional groups attached to an aromatic ring is 1. The van der Waals surface area contributed by atoms with Gasteiger partial charge < -0.3 is 34.5 Å². The summed E-state index contributed by atoms with van der Waals surface area (Å²) in [6.07, 6.45) is 7.59. The lowest BCUT2D eigenvalue weighted by molar-refractivity contribution is -0.173. The number of ether oxygens (including phenoxy) is 5. The van der Waals surface area contributed by atoms with Crippen molar-refractivity contribution in [3.63, 3.8) is 0 Å². The van der Waals surface area contributed by atoms with Gasteiger partial charge in [0.2, 0.25) is 5.95 Å². The van der Waals surface area contributed by atoms with Gasteiger partial charge in [0.25, 0.3) is 0 Å². The fraction of sp³-hybridized carbons (Fsp3) is 0.594. The lowest BCUT2D eigenvalue weighted by Crippen LogP contribution is -2.57. The maximum absolute atomic E-state index is 13.6. The number of carbonyl (C=O) groups is 3. The van der Waals surface area contributed by atoms with Crippen molar-refractivity contribution in [3.8, 4) is 0 Å². The van der Waals surface area contributed by atoms with Crippen LogP contribution in [0.1, 0.15) is 40.5 Å². The molecular weight excluding hydrogens is 584 g/mol. The molecule has 2 fully saturated rings. The summed E-state index contributed by atoms with van der Waals surface area (Å²) in [5.74, 6) is -2.98. The molecule has 242 valence electrons. The number of carbonyl (C=O) groups excluding carboxylic acids is 3. The van der Waals surface area contributed by atoms with Crippen LogP contribution in [0.3, 0.4) is 0 Å². The number of allylic oxidation sites excluding steroid dienone is 3. The number of methoxy groups -OCH3 is 1. The summed E-state index contributed by atoms with van der Waals surface area (Å²) in [6, 6.07) is 0. The molecule has 2 aliphatic heterocycles. The molecule has 0 radical (unpaired) electrons. The van der Waals surface area contributed by atoms with Crippen LogP contribution < -0.4 is 5.73 Å². The normalized spacial score (nSPS) is 40.4. The van der Waals surface area contributed by atoms with Gasteiger partial charge in [-0.1, -0.05) is 50.3 Å². The molecule has 0 aromatic carbocycles. The van der Waals surface area contributed by atoms with Gasteiger partial charge in [0.15, 0.2) is 6.10 Å². The second-order valence-electron chi connectivity index (χ2n) is 12.7. The summed E-state index contributed by atoms with van der Waals surface area (Å²) in [7, 11) is 1.44. The number of aliphatic hydroxyl groups is 1. The Morgan fingerprint density at radius 1 is 1.27 bits per heavy atom. The second-order valence-corrected chi connectivity index (χ2v) is 12.7. The monoisotopic (exact) mass is 624 g/mol. The highest BCUT2D eigenvalue weighted by molar-refractivity contribution is 5.90. The standard InChI is InChI=1S/C32H40N4O9/c1-15-12-16(2)32-20(13-22(41-5)29(39)43-25(15)18(4)42-31(40)36-30(33)34-14-35-36)10-11-21-23(32)24(37)17(3)26(27(21)45-32)44-28(38)19-8-6-7-9-19/h6-8,10-12,14-15,17-18,20-27,37H,9,13H2,1-5H3,(H2,33,34,35)/b16-12+/t15-,17-,18-,20-,21?,22+,23?,24?,25+,26-,27-,32+/m1/s1. The molecule has 1 aromatic rings. The van der Waals surface area contributed by atoms with Crippen molar-refractivity contribution in [1.82, 2.24) is 14.8 Å². The van der Waals surface area contributed by atoms with Crippen molar-refractivity contribution in [3.05, 3.63) is 53.9 Å². The van der Waals surface area contributed by atoms with Crippen molar-refractivity contribution >= 4 is 24.0 Å². The summed E-state index contributed by atoms with van der Waals surface area (Å²) in [4.78, 5) is 43.2. The van der Waals surface area contributed by atoms with E-state index in [0.717, 1.165) is 16.6 Å². The molecule has 6 rings (SSSR count). The van der Waals surface area contributed by atoms with Crippen LogP contribution in [0.15, 0.2) is 53.9 Å². The zero-order valence-corrected chi connectivity index (χ0v) is 25.9. The third-order valence-corrected chi connectivity index (χ3v) is 10.2. The molecule has 0 amide bonds. The van der Waals surface area contributed by atoms with E-state index in [2.05, 4.69) is 10.1 Å². The van der Waals surface area contributed by atoms with Crippen LogP contribution in [0, 0.1) is 29.6 Å². The first-order chi connectivity index (χ1) is 21.5. The number of esters is 2. The number of hydrogen-bond acceptors (Lipinski definition) is 12. The first-order valence-electron chi connectivity index (χ1n) is 15.4. The van der Waals surface area contributed by atoms with Gasteiger partial charge in [0.1, 0.15) is 36.3 Å². The third-order valence-electron chi connectivity index (χ3n) is 10.2. The molecule has 1 saturated carbocycles. The molecule has 1 aromatic heterocycles. The molecule has 4 bridgehead atoms. The topological polar surface area (TPSA) is 174 Å². The summed E-state index contributed by atoms with van der Waals surface area (Å²) >= 11 is 0. The summed E-state index contributed by atoms with van der Waals surface area (Å²) in [6.45, 7) is 7.31. The largest absolute Gasteiger partial charge is 0.456 e.